The quantitative estimate of drug-likeness (QED) is 0.462. The second kappa shape index (κ2) is 9.51. The largest absolute Gasteiger partial charge is 0.494 e. The summed E-state index contributed by atoms with van der Waals surface area (Å²) in [6.07, 6.45) is 5.23. The molecule has 3 nitrogen and oxygen atoms in total. The summed E-state index contributed by atoms with van der Waals surface area (Å²) in [6.45, 7) is 8.46. The Morgan fingerprint density at radius 2 is 1.77 bits per heavy atom. The molecule has 0 radical (unpaired) electrons. The molecule has 0 spiro atoms. The van der Waals surface area contributed by atoms with E-state index in [2.05, 4.69) is 66.2 Å². The van der Waals surface area contributed by atoms with Gasteiger partial charge < -0.3 is 9.64 Å². The lowest BCUT2D eigenvalue weighted by Crippen LogP contribution is -2.25. The summed E-state index contributed by atoms with van der Waals surface area (Å²) in [5, 5.41) is 1.03. The predicted octanol–water partition coefficient (Wildman–Crippen LogP) is 5.58. The summed E-state index contributed by atoms with van der Waals surface area (Å²) >= 11 is 1.71. The molecular weight excluding hydrogens is 340 g/mol. The fourth-order valence-electron chi connectivity index (χ4n) is 2.82. The molecule has 0 bridgehead atoms. The molecule has 1 heterocycles. The van der Waals surface area contributed by atoms with E-state index in [1.807, 2.05) is 18.2 Å². The second-order valence-electron chi connectivity index (χ2n) is 6.15. The molecule has 26 heavy (non-hydrogen) atoms. The molecule has 136 valence electrons. The lowest BCUT2D eigenvalue weighted by molar-refractivity contribution is 0.249. The standard InChI is InChI=1S/C22H26N2OS/c1-3-24(4-2)16-7-17-25-19-13-10-18(11-14-19)12-15-22-23-20-8-5-6-9-21(20)26-22/h5-6,8-15H,3-4,7,16-17H2,1-2H3/b15-12+. The van der Waals surface area contributed by atoms with Gasteiger partial charge in [0.05, 0.1) is 16.8 Å². The van der Waals surface area contributed by atoms with Gasteiger partial charge in [-0.1, -0.05) is 44.2 Å². The van der Waals surface area contributed by atoms with Crippen LogP contribution in [-0.4, -0.2) is 36.1 Å². The van der Waals surface area contributed by atoms with E-state index < -0.39 is 0 Å². The van der Waals surface area contributed by atoms with Gasteiger partial charge in [-0.15, -0.1) is 11.3 Å². The van der Waals surface area contributed by atoms with Crippen LogP contribution in [0.15, 0.2) is 48.5 Å². The first-order valence-electron chi connectivity index (χ1n) is 9.27. The molecule has 3 rings (SSSR count). The van der Waals surface area contributed by atoms with Crippen LogP contribution in [0.4, 0.5) is 0 Å². The zero-order valence-electron chi connectivity index (χ0n) is 15.5. The van der Waals surface area contributed by atoms with Gasteiger partial charge in [-0.05, 0) is 55.4 Å². The maximum atomic E-state index is 5.84. The van der Waals surface area contributed by atoms with E-state index in [0.29, 0.717) is 0 Å². The third-order valence-electron chi connectivity index (χ3n) is 4.39. The summed E-state index contributed by atoms with van der Waals surface area (Å²) in [6, 6.07) is 16.5. The third kappa shape index (κ3) is 5.16. The molecule has 0 amide bonds. The average molecular weight is 367 g/mol. The maximum absolute atomic E-state index is 5.84. The molecule has 0 saturated heterocycles. The second-order valence-corrected chi connectivity index (χ2v) is 7.21. The Bertz CT molecular complexity index is 802. The summed E-state index contributed by atoms with van der Waals surface area (Å²) in [4.78, 5) is 7.04. The summed E-state index contributed by atoms with van der Waals surface area (Å²) < 4.78 is 7.06. The summed E-state index contributed by atoms with van der Waals surface area (Å²) in [5.74, 6) is 0.932. The minimum absolute atomic E-state index is 0.761. The van der Waals surface area contributed by atoms with Crippen molar-refractivity contribution in [2.24, 2.45) is 0 Å². The molecule has 0 N–H and O–H groups in total. The molecule has 0 aliphatic carbocycles. The zero-order chi connectivity index (χ0) is 18.2. The predicted molar refractivity (Wildman–Crippen MR) is 113 cm³/mol. The van der Waals surface area contributed by atoms with Crippen molar-refractivity contribution in [1.82, 2.24) is 9.88 Å². The number of thiazole rings is 1. The number of nitrogens with zero attached hydrogens (tertiary/aromatic N) is 2. The number of ether oxygens (including phenoxy) is 1. The molecular formula is C22H26N2OS. The van der Waals surface area contributed by atoms with Gasteiger partial charge in [0.25, 0.3) is 0 Å². The Hall–Kier alpha value is -2.17. The minimum atomic E-state index is 0.761. The lowest BCUT2D eigenvalue weighted by atomic mass is 10.2. The van der Waals surface area contributed by atoms with Crippen molar-refractivity contribution in [3.8, 4) is 5.75 Å². The number of para-hydroxylation sites is 1. The van der Waals surface area contributed by atoms with Crippen LogP contribution in [0.2, 0.25) is 0 Å². The molecule has 4 heteroatoms. The number of aromatic nitrogens is 1. The Labute approximate surface area is 159 Å². The van der Waals surface area contributed by atoms with Gasteiger partial charge >= 0.3 is 0 Å². The Kier molecular flexibility index (Phi) is 6.81. The molecule has 0 unspecified atom stereocenters. The van der Waals surface area contributed by atoms with E-state index in [4.69, 9.17) is 4.74 Å². The minimum Gasteiger partial charge on any atom is -0.494 e. The molecule has 0 saturated carbocycles. The van der Waals surface area contributed by atoms with E-state index in [1.165, 1.54) is 4.70 Å². The summed E-state index contributed by atoms with van der Waals surface area (Å²) in [7, 11) is 0. The van der Waals surface area contributed by atoms with Crippen molar-refractivity contribution in [3.63, 3.8) is 0 Å². The van der Waals surface area contributed by atoms with Crippen LogP contribution < -0.4 is 4.74 Å². The van der Waals surface area contributed by atoms with Crippen molar-refractivity contribution in [2.75, 3.05) is 26.2 Å². The van der Waals surface area contributed by atoms with Crippen LogP contribution >= 0.6 is 11.3 Å². The average Bonchev–Trinajstić information content (AvgIpc) is 3.10. The van der Waals surface area contributed by atoms with Crippen molar-refractivity contribution in [1.29, 1.82) is 0 Å². The van der Waals surface area contributed by atoms with E-state index in [0.717, 1.165) is 54.5 Å². The third-order valence-corrected chi connectivity index (χ3v) is 5.39. The maximum Gasteiger partial charge on any atom is 0.119 e. The van der Waals surface area contributed by atoms with Crippen molar-refractivity contribution < 1.29 is 4.74 Å². The number of hydrogen-bond donors (Lipinski definition) is 0. The van der Waals surface area contributed by atoms with E-state index >= 15 is 0 Å². The fraction of sp³-hybridized carbons (Fsp3) is 0.318. The highest BCUT2D eigenvalue weighted by Crippen LogP contribution is 2.23. The van der Waals surface area contributed by atoms with E-state index in [1.54, 1.807) is 11.3 Å². The SMILES string of the molecule is CCN(CC)CCCOc1ccc(/C=C/c2nc3ccccc3s2)cc1. The van der Waals surface area contributed by atoms with Gasteiger partial charge in [0.2, 0.25) is 0 Å². The number of rotatable bonds is 9. The Morgan fingerprint density at radius 3 is 2.50 bits per heavy atom. The van der Waals surface area contributed by atoms with Crippen LogP contribution in [0.1, 0.15) is 30.8 Å². The topological polar surface area (TPSA) is 25.4 Å². The van der Waals surface area contributed by atoms with Crippen LogP contribution in [0.5, 0.6) is 5.75 Å². The first-order valence-corrected chi connectivity index (χ1v) is 10.1. The van der Waals surface area contributed by atoms with Gasteiger partial charge in [-0.25, -0.2) is 4.98 Å². The molecule has 0 aliphatic heterocycles. The van der Waals surface area contributed by atoms with Crippen molar-refractivity contribution >= 4 is 33.7 Å². The van der Waals surface area contributed by atoms with Gasteiger partial charge in [0.1, 0.15) is 10.8 Å². The van der Waals surface area contributed by atoms with Crippen molar-refractivity contribution in [3.05, 3.63) is 59.1 Å². The van der Waals surface area contributed by atoms with E-state index in [-0.39, 0.29) is 0 Å². The molecule has 2 aromatic carbocycles. The van der Waals surface area contributed by atoms with Crippen LogP contribution in [-0.2, 0) is 0 Å². The number of hydrogen-bond acceptors (Lipinski definition) is 4. The number of fused-ring (bicyclic) bond motifs is 1. The zero-order valence-corrected chi connectivity index (χ0v) is 16.3. The first-order chi connectivity index (χ1) is 12.8. The molecule has 3 aromatic rings. The van der Waals surface area contributed by atoms with Gasteiger partial charge in [-0.3, -0.25) is 0 Å². The van der Waals surface area contributed by atoms with Crippen LogP contribution in [0.25, 0.3) is 22.4 Å². The fourth-order valence-corrected chi connectivity index (χ4v) is 3.69. The monoisotopic (exact) mass is 366 g/mol. The van der Waals surface area contributed by atoms with Gasteiger partial charge in [0, 0.05) is 6.54 Å². The molecule has 0 aliphatic rings. The lowest BCUT2D eigenvalue weighted by Gasteiger charge is -2.17. The first kappa shape index (κ1) is 18.6. The van der Waals surface area contributed by atoms with Crippen LogP contribution in [0, 0.1) is 0 Å². The van der Waals surface area contributed by atoms with Crippen molar-refractivity contribution in [2.45, 2.75) is 20.3 Å². The smallest absolute Gasteiger partial charge is 0.119 e. The number of benzene rings is 2. The van der Waals surface area contributed by atoms with Crippen LogP contribution in [0.3, 0.4) is 0 Å². The highest BCUT2D eigenvalue weighted by Gasteiger charge is 2.01. The molecule has 0 fully saturated rings. The highest BCUT2D eigenvalue weighted by molar-refractivity contribution is 7.19. The summed E-state index contributed by atoms with van der Waals surface area (Å²) in [5.41, 5.74) is 2.21. The Balaban J connectivity index is 1.51. The van der Waals surface area contributed by atoms with Gasteiger partial charge in [0.15, 0.2) is 0 Å². The normalized spacial score (nSPS) is 11.7. The molecule has 1 aromatic heterocycles. The Morgan fingerprint density at radius 1 is 1.00 bits per heavy atom. The molecule has 0 atom stereocenters. The van der Waals surface area contributed by atoms with E-state index in [9.17, 15) is 0 Å². The highest BCUT2D eigenvalue weighted by atomic mass is 32.1. The van der Waals surface area contributed by atoms with Gasteiger partial charge in [-0.2, -0.15) is 0 Å².